The molecule has 2 fully saturated rings. The van der Waals surface area contributed by atoms with Gasteiger partial charge in [0, 0.05) is 37.2 Å². The van der Waals surface area contributed by atoms with Crippen molar-refractivity contribution in [2.75, 3.05) is 25.0 Å². The number of hydrogen-bond donors (Lipinski definition) is 3. The topological polar surface area (TPSA) is 70.2 Å². The summed E-state index contributed by atoms with van der Waals surface area (Å²) in [6, 6.07) is 7.50. The van der Waals surface area contributed by atoms with Crippen LogP contribution in [0.3, 0.4) is 0 Å². The molecule has 2 aliphatic rings. The van der Waals surface area contributed by atoms with Gasteiger partial charge in [0.1, 0.15) is 11.6 Å². The van der Waals surface area contributed by atoms with E-state index >= 15 is 0 Å². The second kappa shape index (κ2) is 16.9. The third kappa shape index (κ3) is 11.3. The van der Waals surface area contributed by atoms with Crippen LogP contribution in [-0.4, -0.2) is 32.5 Å². The average Bonchev–Trinajstić information content (AvgIpc) is 3.58. The van der Waals surface area contributed by atoms with Gasteiger partial charge in [0.2, 0.25) is 12.8 Å². The van der Waals surface area contributed by atoms with Crippen LogP contribution in [0.5, 0.6) is 0 Å². The summed E-state index contributed by atoms with van der Waals surface area (Å²) in [5, 5.41) is 8.38. The van der Waals surface area contributed by atoms with Crippen LogP contribution in [0.4, 0.5) is 14.5 Å². The molecule has 0 aromatic heterocycles. The van der Waals surface area contributed by atoms with Crippen LogP contribution in [0, 0.1) is 23.0 Å². The Morgan fingerprint density at radius 2 is 1.57 bits per heavy atom. The zero-order chi connectivity index (χ0) is 29.7. The second-order valence-electron chi connectivity index (χ2n) is 12.0. The van der Waals surface area contributed by atoms with Gasteiger partial charge >= 0.3 is 0 Å². The predicted octanol–water partition coefficient (Wildman–Crippen LogP) is 8.07. The number of benzene rings is 2. The van der Waals surface area contributed by atoms with Crippen LogP contribution in [0.25, 0.3) is 0 Å². The zero-order valence-corrected chi connectivity index (χ0v) is 25.5. The van der Waals surface area contributed by atoms with E-state index in [0.29, 0.717) is 41.7 Å². The smallest absolute Gasteiger partial charge is 0.211 e. The van der Waals surface area contributed by atoms with Gasteiger partial charge in [-0.3, -0.25) is 9.59 Å². The summed E-state index contributed by atoms with van der Waals surface area (Å²) >= 11 is 11.7. The molecular formula is C31H43Cl2F2N3O2. The molecule has 2 amide bonds. The van der Waals surface area contributed by atoms with Crippen molar-refractivity contribution in [3.8, 4) is 0 Å². The third-order valence-electron chi connectivity index (χ3n) is 6.79. The lowest BCUT2D eigenvalue weighted by atomic mass is 9.83. The maximum Gasteiger partial charge on any atom is 0.211 e. The van der Waals surface area contributed by atoms with Gasteiger partial charge in [0.05, 0.1) is 10.0 Å². The second-order valence-corrected chi connectivity index (χ2v) is 12.8. The number of halogens is 4. The van der Waals surface area contributed by atoms with Crippen LogP contribution in [0.2, 0.25) is 10.0 Å². The largest absolute Gasteiger partial charge is 0.359 e. The van der Waals surface area contributed by atoms with E-state index in [2.05, 4.69) is 43.6 Å². The van der Waals surface area contributed by atoms with Crippen molar-refractivity contribution in [1.29, 1.82) is 0 Å². The molecule has 2 aromatic rings. The van der Waals surface area contributed by atoms with Gasteiger partial charge in [-0.15, -0.1) is 0 Å². The quantitative estimate of drug-likeness (QED) is 0.202. The van der Waals surface area contributed by atoms with E-state index in [0.717, 1.165) is 25.3 Å². The monoisotopic (exact) mass is 597 g/mol. The average molecular weight is 599 g/mol. The number of carbonyl (C=O) groups is 2. The first-order valence-electron chi connectivity index (χ1n) is 14.0. The Labute approximate surface area is 247 Å². The van der Waals surface area contributed by atoms with Gasteiger partial charge in [-0.2, -0.15) is 0 Å². The first-order chi connectivity index (χ1) is 19.0. The van der Waals surface area contributed by atoms with Crippen LogP contribution < -0.4 is 16.0 Å². The minimum Gasteiger partial charge on any atom is -0.359 e. The highest BCUT2D eigenvalue weighted by Gasteiger charge is 2.34. The molecule has 1 aliphatic carbocycles. The van der Waals surface area contributed by atoms with E-state index in [4.69, 9.17) is 23.2 Å². The molecule has 5 nitrogen and oxygen atoms in total. The van der Waals surface area contributed by atoms with Crippen molar-refractivity contribution in [3.05, 3.63) is 63.1 Å². The van der Waals surface area contributed by atoms with Gasteiger partial charge < -0.3 is 16.0 Å². The van der Waals surface area contributed by atoms with Crippen molar-refractivity contribution in [2.45, 2.75) is 78.1 Å². The molecule has 4 rings (SSSR count). The molecule has 2 aromatic carbocycles. The molecule has 1 aliphatic heterocycles. The summed E-state index contributed by atoms with van der Waals surface area (Å²) in [7, 11) is 0. The van der Waals surface area contributed by atoms with Crippen LogP contribution in [-0.2, 0) is 9.59 Å². The number of rotatable bonds is 9. The first kappa shape index (κ1) is 34.0. The van der Waals surface area contributed by atoms with E-state index in [1.807, 2.05) is 0 Å². The molecule has 0 radical (unpaired) electrons. The summed E-state index contributed by atoms with van der Waals surface area (Å²) in [4.78, 5) is 20.7. The fraction of sp³-hybridized carbons (Fsp3) is 0.548. The van der Waals surface area contributed by atoms with Crippen molar-refractivity contribution < 1.29 is 18.4 Å². The normalized spacial score (nSPS) is 18.7. The maximum absolute atomic E-state index is 14.4. The van der Waals surface area contributed by atoms with Gasteiger partial charge in [-0.1, -0.05) is 88.7 Å². The van der Waals surface area contributed by atoms with E-state index in [9.17, 15) is 18.4 Å². The van der Waals surface area contributed by atoms with Crippen molar-refractivity contribution in [3.63, 3.8) is 0 Å². The highest BCUT2D eigenvalue weighted by Crippen LogP contribution is 2.42. The Morgan fingerprint density at radius 1 is 0.950 bits per heavy atom. The minimum atomic E-state index is -0.583. The zero-order valence-electron chi connectivity index (χ0n) is 24.0. The minimum absolute atomic E-state index is 0.0478. The molecular weight excluding hydrogens is 555 g/mol. The lowest BCUT2D eigenvalue weighted by Gasteiger charge is -2.23. The summed E-state index contributed by atoms with van der Waals surface area (Å²) in [5.74, 6) is -0.565. The van der Waals surface area contributed by atoms with E-state index < -0.39 is 11.6 Å². The Kier molecular flexibility index (Phi) is 14.4. The van der Waals surface area contributed by atoms with Crippen LogP contribution in [0.1, 0.15) is 89.2 Å². The molecule has 222 valence electrons. The van der Waals surface area contributed by atoms with Gasteiger partial charge in [0.15, 0.2) is 0 Å². The number of carbonyl (C=O) groups excluding carboxylic acids is 2. The van der Waals surface area contributed by atoms with Gasteiger partial charge in [-0.25, -0.2) is 8.78 Å². The van der Waals surface area contributed by atoms with Gasteiger partial charge in [0.25, 0.3) is 0 Å². The number of nitrogens with one attached hydrogen (secondary N) is 3. The molecule has 9 heteroatoms. The highest BCUT2D eigenvalue weighted by molar-refractivity contribution is 6.31. The van der Waals surface area contributed by atoms with E-state index in [1.165, 1.54) is 50.3 Å². The summed E-state index contributed by atoms with van der Waals surface area (Å²) in [5.41, 5.74) is 1.95. The van der Waals surface area contributed by atoms with E-state index in [1.54, 1.807) is 12.1 Å². The Hall–Kier alpha value is -2.22. The maximum atomic E-state index is 14.4. The first-order valence-corrected chi connectivity index (χ1v) is 14.7. The Morgan fingerprint density at radius 3 is 2.17 bits per heavy atom. The lowest BCUT2D eigenvalue weighted by Crippen LogP contribution is -2.13. The summed E-state index contributed by atoms with van der Waals surface area (Å²) in [6.45, 7) is 10.7. The Bertz CT molecular complexity index is 1080. The molecule has 0 bridgehead atoms. The van der Waals surface area contributed by atoms with Crippen LogP contribution in [0.15, 0.2) is 30.3 Å². The molecule has 40 heavy (non-hydrogen) atoms. The molecule has 2 atom stereocenters. The molecule has 0 spiro atoms. The standard InChI is InChI=1S/C17H14Cl2F2N2O.C9H17NO.C5H12/c18-13-3-1-2-9(17(13)21)11-6-22-7-12(11)10-4-15(20)14(19)5-16(10)23-8-24;11-8-10-7-3-6-9-4-1-2-5-9;1-5(2,3)4/h1-5,8,11-12,22H,6-7H2,(H,23,24);8-9H,1-7H2,(H,10,11);1-4H3/t11-,12+;;/m1../s1. The fourth-order valence-electron chi connectivity index (χ4n) is 5.05. The van der Waals surface area contributed by atoms with Crippen molar-refractivity contribution in [2.24, 2.45) is 11.3 Å². The predicted molar refractivity (Wildman–Crippen MR) is 161 cm³/mol. The van der Waals surface area contributed by atoms with E-state index in [-0.39, 0.29) is 21.9 Å². The SMILES string of the molecule is CC(C)(C)C.O=CNCCCC1CCCC1.O=CNc1cc(Cl)c(F)cc1[C@@H]1CNC[C@@H]1c1cccc(Cl)c1F. The molecule has 0 unspecified atom stereocenters. The molecule has 1 heterocycles. The highest BCUT2D eigenvalue weighted by atomic mass is 35.5. The van der Waals surface area contributed by atoms with Crippen molar-refractivity contribution >= 4 is 41.7 Å². The number of hydrogen-bond acceptors (Lipinski definition) is 3. The Balaban J connectivity index is 0.000000290. The third-order valence-corrected chi connectivity index (χ3v) is 7.37. The summed E-state index contributed by atoms with van der Waals surface area (Å²) in [6.07, 6.45) is 9.43. The van der Waals surface area contributed by atoms with Gasteiger partial charge in [-0.05, 0) is 53.5 Å². The molecule has 1 saturated carbocycles. The lowest BCUT2D eigenvalue weighted by molar-refractivity contribution is -0.109. The number of amides is 2. The molecule has 1 saturated heterocycles. The van der Waals surface area contributed by atoms with Crippen LogP contribution >= 0.6 is 23.2 Å². The fourth-order valence-corrected chi connectivity index (χ4v) is 5.39. The summed E-state index contributed by atoms with van der Waals surface area (Å²) < 4.78 is 28.4. The number of anilines is 1. The van der Waals surface area contributed by atoms with Crippen molar-refractivity contribution in [1.82, 2.24) is 10.6 Å². The molecule has 3 N–H and O–H groups in total.